The molecule has 1 unspecified atom stereocenters. The van der Waals surface area contributed by atoms with E-state index in [0.29, 0.717) is 6.04 Å². The Kier molecular flexibility index (Phi) is 3.46. The van der Waals surface area contributed by atoms with Gasteiger partial charge in [0, 0.05) is 25.7 Å². The van der Waals surface area contributed by atoms with E-state index in [1.807, 2.05) is 6.07 Å². The fourth-order valence-electron chi connectivity index (χ4n) is 2.46. The van der Waals surface area contributed by atoms with Crippen LogP contribution in [0.4, 0.5) is 0 Å². The minimum atomic E-state index is 0.471. The van der Waals surface area contributed by atoms with E-state index in [-0.39, 0.29) is 0 Å². The molecule has 16 heavy (non-hydrogen) atoms. The number of nitrogens with zero attached hydrogens (tertiary/aromatic N) is 1. The van der Waals surface area contributed by atoms with Gasteiger partial charge in [0.15, 0.2) is 0 Å². The maximum atomic E-state index is 5.63. The summed E-state index contributed by atoms with van der Waals surface area (Å²) in [6, 6.07) is 6.85. The highest BCUT2D eigenvalue weighted by molar-refractivity contribution is 5.39. The summed E-state index contributed by atoms with van der Waals surface area (Å²) in [6.07, 6.45) is 1.09. The third-order valence-corrected chi connectivity index (χ3v) is 3.43. The molecule has 0 bridgehead atoms. The predicted octanol–water partition coefficient (Wildman–Crippen LogP) is 1.57. The topological polar surface area (TPSA) is 38.5 Å². The molecule has 0 amide bonds. The van der Waals surface area contributed by atoms with Crippen molar-refractivity contribution >= 4 is 0 Å². The van der Waals surface area contributed by atoms with Gasteiger partial charge < -0.3 is 10.5 Å². The first kappa shape index (κ1) is 11.4. The summed E-state index contributed by atoms with van der Waals surface area (Å²) in [6.45, 7) is 5.06. The van der Waals surface area contributed by atoms with Gasteiger partial charge in [-0.2, -0.15) is 0 Å². The molecule has 1 aromatic carbocycles. The van der Waals surface area contributed by atoms with E-state index in [0.717, 1.165) is 31.8 Å². The zero-order valence-corrected chi connectivity index (χ0v) is 10.1. The third-order valence-electron chi connectivity index (χ3n) is 3.43. The molecule has 0 spiro atoms. The van der Waals surface area contributed by atoms with Crippen molar-refractivity contribution in [1.82, 2.24) is 4.90 Å². The standard InChI is InChI=1S/C13H20N2O/c1-10-13-4-3-12(16-2)9-11(13)5-7-15(10)8-6-14/h3-4,9-10H,5-8,14H2,1-2H3. The molecule has 1 atom stereocenters. The quantitative estimate of drug-likeness (QED) is 0.840. The van der Waals surface area contributed by atoms with Gasteiger partial charge in [-0.3, -0.25) is 4.90 Å². The largest absolute Gasteiger partial charge is 0.497 e. The summed E-state index contributed by atoms with van der Waals surface area (Å²) in [5.41, 5.74) is 8.46. The summed E-state index contributed by atoms with van der Waals surface area (Å²) in [4.78, 5) is 2.44. The van der Waals surface area contributed by atoms with Crippen LogP contribution in [0.3, 0.4) is 0 Å². The summed E-state index contributed by atoms with van der Waals surface area (Å²) < 4.78 is 5.26. The van der Waals surface area contributed by atoms with Crippen LogP contribution in [0.2, 0.25) is 0 Å². The molecule has 0 aromatic heterocycles. The van der Waals surface area contributed by atoms with Gasteiger partial charge in [-0.05, 0) is 36.6 Å². The molecule has 0 aliphatic carbocycles. The molecular formula is C13H20N2O. The van der Waals surface area contributed by atoms with E-state index < -0.39 is 0 Å². The van der Waals surface area contributed by atoms with Gasteiger partial charge in [0.1, 0.15) is 5.75 Å². The fraction of sp³-hybridized carbons (Fsp3) is 0.538. The Balaban J connectivity index is 2.24. The minimum absolute atomic E-state index is 0.471. The van der Waals surface area contributed by atoms with Gasteiger partial charge >= 0.3 is 0 Å². The number of ether oxygens (including phenoxy) is 1. The lowest BCUT2D eigenvalue weighted by Gasteiger charge is -2.35. The second-order valence-corrected chi connectivity index (χ2v) is 4.32. The van der Waals surface area contributed by atoms with Crippen LogP contribution in [-0.4, -0.2) is 31.6 Å². The lowest BCUT2D eigenvalue weighted by molar-refractivity contribution is 0.204. The van der Waals surface area contributed by atoms with E-state index in [1.54, 1.807) is 7.11 Å². The average molecular weight is 220 g/mol. The van der Waals surface area contributed by atoms with Gasteiger partial charge in [0.2, 0.25) is 0 Å². The lowest BCUT2D eigenvalue weighted by Crippen LogP contribution is -2.37. The van der Waals surface area contributed by atoms with Crippen molar-refractivity contribution in [3.8, 4) is 5.75 Å². The van der Waals surface area contributed by atoms with E-state index in [4.69, 9.17) is 10.5 Å². The fourth-order valence-corrected chi connectivity index (χ4v) is 2.46. The van der Waals surface area contributed by atoms with Crippen LogP contribution in [0.5, 0.6) is 5.75 Å². The Labute approximate surface area is 97.2 Å². The maximum absolute atomic E-state index is 5.63. The number of methoxy groups -OCH3 is 1. The number of hydrogen-bond donors (Lipinski definition) is 1. The molecule has 88 valence electrons. The SMILES string of the molecule is COc1ccc2c(c1)CCN(CCN)C2C. The Hall–Kier alpha value is -1.06. The summed E-state index contributed by atoms with van der Waals surface area (Å²) in [5.74, 6) is 0.957. The van der Waals surface area contributed by atoms with Crippen molar-refractivity contribution in [3.63, 3.8) is 0 Å². The molecule has 3 heteroatoms. The Morgan fingerprint density at radius 1 is 1.50 bits per heavy atom. The van der Waals surface area contributed by atoms with Gasteiger partial charge in [0.25, 0.3) is 0 Å². The molecule has 2 N–H and O–H groups in total. The first-order valence-electron chi connectivity index (χ1n) is 5.87. The molecule has 1 aliphatic rings. The molecule has 1 aliphatic heterocycles. The second kappa shape index (κ2) is 4.85. The summed E-state index contributed by atoms with van der Waals surface area (Å²) in [7, 11) is 1.72. The maximum Gasteiger partial charge on any atom is 0.119 e. The molecule has 1 aromatic rings. The molecule has 3 nitrogen and oxygen atoms in total. The average Bonchev–Trinajstić information content (AvgIpc) is 2.32. The number of fused-ring (bicyclic) bond motifs is 1. The normalized spacial score (nSPS) is 20.6. The van der Waals surface area contributed by atoms with Crippen LogP contribution in [0.15, 0.2) is 18.2 Å². The first-order chi connectivity index (χ1) is 7.76. The summed E-state index contributed by atoms with van der Waals surface area (Å²) in [5, 5.41) is 0. The minimum Gasteiger partial charge on any atom is -0.497 e. The third kappa shape index (κ3) is 2.06. The van der Waals surface area contributed by atoms with E-state index in [2.05, 4.69) is 24.0 Å². The highest BCUT2D eigenvalue weighted by Gasteiger charge is 2.23. The molecule has 0 saturated heterocycles. The van der Waals surface area contributed by atoms with Crippen molar-refractivity contribution in [2.45, 2.75) is 19.4 Å². The van der Waals surface area contributed by atoms with Gasteiger partial charge in [0.05, 0.1) is 7.11 Å². The summed E-state index contributed by atoms with van der Waals surface area (Å²) >= 11 is 0. The van der Waals surface area contributed by atoms with E-state index in [9.17, 15) is 0 Å². The smallest absolute Gasteiger partial charge is 0.119 e. The molecule has 0 saturated carbocycles. The van der Waals surface area contributed by atoms with Crippen LogP contribution in [0.25, 0.3) is 0 Å². The molecule has 0 radical (unpaired) electrons. The highest BCUT2D eigenvalue weighted by Crippen LogP contribution is 2.31. The zero-order chi connectivity index (χ0) is 11.5. The number of benzene rings is 1. The highest BCUT2D eigenvalue weighted by atomic mass is 16.5. The van der Waals surface area contributed by atoms with Crippen molar-refractivity contribution in [1.29, 1.82) is 0 Å². The van der Waals surface area contributed by atoms with Crippen LogP contribution < -0.4 is 10.5 Å². The molecular weight excluding hydrogens is 200 g/mol. The predicted molar refractivity (Wildman–Crippen MR) is 65.7 cm³/mol. The van der Waals surface area contributed by atoms with Crippen LogP contribution in [0, 0.1) is 0 Å². The van der Waals surface area contributed by atoms with Gasteiger partial charge in [-0.25, -0.2) is 0 Å². The number of nitrogens with two attached hydrogens (primary N) is 1. The Bertz CT molecular complexity index is 365. The number of rotatable bonds is 3. The van der Waals surface area contributed by atoms with Crippen molar-refractivity contribution < 1.29 is 4.74 Å². The van der Waals surface area contributed by atoms with Crippen molar-refractivity contribution in [2.24, 2.45) is 5.73 Å². The van der Waals surface area contributed by atoms with Crippen molar-refractivity contribution in [2.75, 3.05) is 26.7 Å². The lowest BCUT2D eigenvalue weighted by atomic mass is 9.93. The number of hydrogen-bond acceptors (Lipinski definition) is 3. The van der Waals surface area contributed by atoms with Crippen molar-refractivity contribution in [3.05, 3.63) is 29.3 Å². The molecule has 1 heterocycles. The van der Waals surface area contributed by atoms with Crippen LogP contribution in [0.1, 0.15) is 24.1 Å². The van der Waals surface area contributed by atoms with E-state index in [1.165, 1.54) is 11.1 Å². The first-order valence-corrected chi connectivity index (χ1v) is 5.87. The second-order valence-electron chi connectivity index (χ2n) is 4.32. The Morgan fingerprint density at radius 2 is 2.31 bits per heavy atom. The molecule has 2 rings (SSSR count). The molecule has 0 fully saturated rings. The van der Waals surface area contributed by atoms with Crippen LogP contribution >= 0.6 is 0 Å². The Morgan fingerprint density at radius 3 is 3.00 bits per heavy atom. The van der Waals surface area contributed by atoms with Gasteiger partial charge in [-0.1, -0.05) is 6.07 Å². The van der Waals surface area contributed by atoms with Crippen LogP contribution in [-0.2, 0) is 6.42 Å². The van der Waals surface area contributed by atoms with E-state index >= 15 is 0 Å². The monoisotopic (exact) mass is 220 g/mol. The zero-order valence-electron chi connectivity index (χ0n) is 10.1. The van der Waals surface area contributed by atoms with Gasteiger partial charge in [-0.15, -0.1) is 0 Å².